The summed E-state index contributed by atoms with van der Waals surface area (Å²) in [5, 5.41) is 0. The van der Waals surface area contributed by atoms with E-state index in [4.69, 9.17) is 9.47 Å². The van der Waals surface area contributed by atoms with E-state index in [1.165, 1.54) is 0 Å². The monoisotopic (exact) mass is 344 g/mol. The van der Waals surface area contributed by atoms with Crippen LogP contribution in [0, 0.1) is 11.8 Å². The summed E-state index contributed by atoms with van der Waals surface area (Å²) in [5.74, 6) is 5.11. The lowest BCUT2D eigenvalue weighted by molar-refractivity contribution is 0.0293. The van der Waals surface area contributed by atoms with Crippen LogP contribution in [-0.4, -0.2) is 24.6 Å². The van der Waals surface area contributed by atoms with Crippen LogP contribution in [0.1, 0.15) is 80.0 Å². The van der Waals surface area contributed by atoms with Crippen LogP contribution in [0.4, 0.5) is 0 Å². The van der Waals surface area contributed by atoms with Gasteiger partial charge in [0.25, 0.3) is 0 Å². The second kappa shape index (κ2) is 12.1. The molecule has 0 spiro atoms. The minimum atomic E-state index is -0.507. The third kappa shape index (κ3) is 7.43. The second-order valence-corrected chi connectivity index (χ2v) is 5.78. The molecule has 1 aromatic carbocycles. The van der Waals surface area contributed by atoms with Gasteiger partial charge in [-0.05, 0) is 31.4 Å². The van der Waals surface area contributed by atoms with E-state index in [9.17, 15) is 9.59 Å². The summed E-state index contributed by atoms with van der Waals surface area (Å²) < 4.78 is 10.7. The molecule has 4 nitrogen and oxygen atoms in total. The van der Waals surface area contributed by atoms with E-state index in [0.717, 1.165) is 25.7 Å². The molecule has 1 rings (SSSR count). The minimum Gasteiger partial charge on any atom is -0.462 e. The van der Waals surface area contributed by atoms with Gasteiger partial charge in [0, 0.05) is 12.8 Å². The summed E-state index contributed by atoms with van der Waals surface area (Å²) >= 11 is 0. The molecule has 0 radical (unpaired) electrons. The zero-order valence-corrected chi connectivity index (χ0v) is 15.5. The number of ether oxygens (including phenoxy) is 2. The molecule has 0 saturated carbocycles. The summed E-state index contributed by atoms with van der Waals surface area (Å²) in [6.07, 6.45) is 4.50. The highest BCUT2D eigenvalue weighted by atomic mass is 16.5. The van der Waals surface area contributed by atoms with Crippen LogP contribution >= 0.6 is 0 Å². The quantitative estimate of drug-likeness (QED) is 0.368. The number of carbonyl (C=O) groups is 2. The van der Waals surface area contributed by atoms with Crippen molar-refractivity contribution in [2.24, 2.45) is 0 Å². The van der Waals surface area contributed by atoms with E-state index in [1.54, 1.807) is 24.3 Å². The van der Waals surface area contributed by atoms with E-state index < -0.39 is 11.9 Å². The first-order valence-corrected chi connectivity index (χ1v) is 9.06. The number of unbranched alkanes of at least 4 members (excludes halogenated alkanes) is 2. The molecule has 0 N–H and O–H groups in total. The standard InChI is InChI=1S/C21H28O4/c1-4-7-9-10-13-17(6-3)25-21(23)19-15-12-11-14-18(19)20(22)24-16-8-5-2/h11-12,14-15,17H,4-8,13,16H2,1-3H3. The van der Waals surface area contributed by atoms with Gasteiger partial charge in [-0.3, -0.25) is 0 Å². The van der Waals surface area contributed by atoms with E-state index in [0.29, 0.717) is 19.4 Å². The Hall–Kier alpha value is -2.28. The number of benzene rings is 1. The summed E-state index contributed by atoms with van der Waals surface area (Å²) in [5.41, 5.74) is 0.486. The normalized spacial score (nSPS) is 11.2. The van der Waals surface area contributed by atoms with Crippen LogP contribution in [0.2, 0.25) is 0 Å². The predicted molar refractivity (Wildman–Crippen MR) is 98.4 cm³/mol. The highest BCUT2D eigenvalue weighted by molar-refractivity contribution is 6.03. The Morgan fingerprint density at radius 1 is 1.00 bits per heavy atom. The summed E-state index contributed by atoms with van der Waals surface area (Å²) in [6, 6.07) is 6.60. The molecule has 0 amide bonds. The molecule has 1 unspecified atom stereocenters. The molecule has 4 heteroatoms. The fourth-order valence-corrected chi connectivity index (χ4v) is 2.11. The van der Waals surface area contributed by atoms with Gasteiger partial charge in [-0.25, -0.2) is 9.59 Å². The smallest absolute Gasteiger partial charge is 0.339 e. The SMILES string of the molecule is CCCC#CCC(CC)OC(=O)c1ccccc1C(=O)OCCCC. The van der Waals surface area contributed by atoms with Gasteiger partial charge in [-0.2, -0.15) is 0 Å². The molecule has 1 aromatic rings. The van der Waals surface area contributed by atoms with Crippen molar-refractivity contribution in [1.82, 2.24) is 0 Å². The molecule has 136 valence electrons. The van der Waals surface area contributed by atoms with E-state index in [-0.39, 0.29) is 17.2 Å². The average Bonchev–Trinajstić information content (AvgIpc) is 2.64. The molecule has 0 aliphatic carbocycles. The number of carbonyl (C=O) groups excluding carboxylic acids is 2. The fourth-order valence-electron chi connectivity index (χ4n) is 2.11. The second-order valence-electron chi connectivity index (χ2n) is 5.78. The van der Waals surface area contributed by atoms with Gasteiger partial charge in [-0.1, -0.05) is 45.2 Å². The topological polar surface area (TPSA) is 52.6 Å². The zero-order valence-electron chi connectivity index (χ0n) is 15.5. The van der Waals surface area contributed by atoms with Crippen molar-refractivity contribution >= 4 is 11.9 Å². The van der Waals surface area contributed by atoms with Crippen molar-refractivity contribution in [2.75, 3.05) is 6.61 Å². The van der Waals surface area contributed by atoms with Gasteiger partial charge >= 0.3 is 11.9 Å². The Bertz CT molecular complexity index is 610. The largest absolute Gasteiger partial charge is 0.462 e. The van der Waals surface area contributed by atoms with E-state index >= 15 is 0 Å². The number of rotatable bonds is 9. The Labute approximate surface area is 150 Å². The highest BCUT2D eigenvalue weighted by Gasteiger charge is 2.21. The fraction of sp³-hybridized carbons (Fsp3) is 0.524. The highest BCUT2D eigenvalue weighted by Crippen LogP contribution is 2.15. The first-order chi connectivity index (χ1) is 12.1. The van der Waals surface area contributed by atoms with E-state index in [2.05, 4.69) is 18.8 Å². The Kier molecular flexibility index (Phi) is 10.1. The zero-order chi connectivity index (χ0) is 18.5. The molecule has 0 bridgehead atoms. The molecule has 0 aliphatic heterocycles. The van der Waals surface area contributed by atoms with Gasteiger partial charge in [0.15, 0.2) is 0 Å². The predicted octanol–water partition coefficient (Wildman–Crippen LogP) is 4.77. The molecule has 1 atom stereocenters. The van der Waals surface area contributed by atoms with Crippen LogP contribution in [0.25, 0.3) is 0 Å². The first kappa shape index (κ1) is 20.8. The summed E-state index contributed by atoms with van der Waals surface area (Å²) in [7, 11) is 0. The molecular formula is C21H28O4. The van der Waals surface area contributed by atoms with Crippen molar-refractivity contribution in [3.05, 3.63) is 35.4 Å². The van der Waals surface area contributed by atoms with Crippen molar-refractivity contribution in [2.45, 2.75) is 65.4 Å². The van der Waals surface area contributed by atoms with Gasteiger partial charge in [-0.15, -0.1) is 5.92 Å². The Morgan fingerprint density at radius 2 is 1.68 bits per heavy atom. The van der Waals surface area contributed by atoms with E-state index in [1.807, 2.05) is 13.8 Å². The molecule has 0 aromatic heterocycles. The maximum Gasteiger partial charge on any atom is 0.339 e. The van der Waals surface area contributed by atoms with Gasteiger partial charge in [0.2, 0.25) is 0 Å². The lowest BCUT2D eigenvalue weighted by atomic mass is 10.1. The molecule has 0 heterocycles. The summed E-state index contributed by atoms with van der Waals surface area (Å²) in [4.78, 5) is 24.7. The lowest BCUT2D eigenvalue weighted by Crippen LogP contribution is -2.20. The van der Waals surface area contributed by atoms with Crippen LogP contribution in [-0.2, 0) is 9.47 Å². The number of hydrogen-bond donors (Lipinski definition) is 0. The average molecular weight is 344 g/mol. The molecule has 0 aliphatic rings. The summed E-state index contributed by atoms with van der Waals surface area (Å²) in [6.45, 7) is 6.39. The van der Waals surface area contributed by atoms with Gasteiger partial charge in [0.05, 0.1) is 17.7 Å². The number of esters is 2. The maximum absolute atomic E-state index is 12.5. The molecule has 0 saturated heterocycles. The molecular weight excluding hydrogens is 316 g/mol. The van der Waals surface area contributed by atoms with Crippen LogP contribution in [0.3, 0.4) is 0 Å². The van der Waals surface area contributed by atoms with Crippen molar-refractivity contribution in [3.63, 3.8) is 0 Å². The lowest BCUT2D eigenvalue weighted by Gasteiger charge is -2.15. The Balaban J connectivity index is 2.77. The first-order valence-electron chi connectivity index (χ1n) is 9.06. The molecule has 25 heavy (non-hydrogen) atoms. The number of hydrogen-bond acceptors (Lipinski definition) is 4. The minimum absolute atomic E-state index is 0.240. The van der Waals surface area contributed by atoms with Crippen molar-refractivity contribution in [3.8, 4) is 11.8 Å². The third-order valence-corrected chi connectivity index (χ3v) is 3.66. The van der Waals surface area contributed by atoms with Gasteiger partial charge < -0.3 is 9.47 Å². The van der Waals surface area contributed by atoms with Crippen LogP contribution in [0.5, 0.6) is 0 Å². The van der Waals surface area contributed by atoms with Gasteiger partial charge in [0.1, 0.15) is 6.10 Å². The van der Waals surface area contributed by atoms with Crippen molar-refractivity contribution < 1.29 is 19.1 Å². The third-order valence-electron chi connectivity index (χ3n) is 3.66. The Morgan fingerprint density at radius 3 is 2.28 bits per heavy atom. The maximum atomic E-state index is 12.5. The molecule has 0 fully saturated rings. The van der Waals surface area contributed by atoms with Crippen LogP contribution < -0.4 is 0 Å². The van der Waals surface area contributed by atoms with Crippen LogP contribution in [0.15, 0.2) is 24.3 Å². The van der Waals surface area contributed by atoms with Crippen molar-refractivity contribution in [1.29, 1.82) is 0 Å².